The molecule has 1 aliphatic rings. The van der Waals surface area contributed by atoms with Crippen molar-refractivity contribution in [1.29, 1.82) is 0 Å². The van der Waals surface area contributed by atoms with Crippen LogP contribution in [0.1, 0.15) is 59.3 Å². The Bertz CT molecular complexity index is 301. The molecule has 4 heteroatoms. The second-order valence-electron chi connectivity index (χ2n) is 6.25. The third-order valence-corrected chi connectivity index (χ3v) is 3.76. The van der Waals surface area contributed by atoms with E-state index in [0.717, 1.165) is 32.1 Å². The van der Waals surface area contributed by atoms with Crippen molar-refractivity contribution < 1.29 is 9.53 Å². The maximum Gasteiger partial charge on any atom is 0.306 e. The molecule has 3 nitrogen and oxygen atoms in total. The number of hydrogen-bond donors (Lipinski definition) is 1. The highest BCUT2D eigenvalue weighted by Gasteiger charge is 2.24. The van der Waals surface area contributed by atoms with Crippen molar-refractivity contribution in [2.45, 2.75) is 64.9 Å². The summed E-state index contributed by atoms with van der Waals surface area (Å²) >= 11 is 5.02. The van der Waals surface area contributed by atoms with Crippen LogP contribution in [0.15, 0.2) is 0 Å². The fourth-order valence-corrected chi connectivity index (χ4v) is 2.69. The molecule has 0 radical (unpaired) electrons. The van der Waals surface area contributed by atoms with Crippen LogP contribution < -0.4 is 5.73 Å². The van der Waals surface area contributed by atoms with Crippen LogP contribution in [0.3, 0.4) is 0 Å². The minimum absolute atomic E-state index is 0.0843. The monoisotopic (exact) mass is 271 g/mol. The molecule has 18 heavy (non-hydrogen) atoms. The minimum Gasteiger partial charge on any atom is -0.460 e. The van der Waals surface area contributed by atoms with Gasteiger partial charge in [-0.05, 0) is 58.8 Å². The molecule has 1 rings (SSSR count). The molecule has 104 valence electrons. The highest BCUT2D eigenvalue weighted by molar-refractivity contribution is 7.80. The Morgan fingerprint density at radius 3 is 2.28 bits per heavy atom. The largest absolute Gasteiger partial charge is 0.460 e. The zero-order valence-electron chi connectivity index (χ0n) is 11.7. The summed E-state index contributed by atoms with van der Waals surface area (Å²) in [6, 6.07) is 0. The summed E-state index contributed by atoms with van der Waals surface area (Å²) in [5, 5.41) is 0. The molecule has 0 spiro atoms. The molecule has 0 amide bonds. The van der Waals surface area contributed by atoms with Crippen LogP contribution in [0.2, 0.25) is 0 Å². The zero-order valence-corrected chi connectivity index (χ0v) is 12.5. The van der Waals surface area contributed by atoms with Gasteiger partial charge < -0.3 is 10.5 Å². The molecule has 0 atom stereocenters. The molecule has 0 aromatic carbocycles. The summed E-state index contributed by atoms with van der Waals surface area (Å²) < 4.78 is 5.31. The molecule has 1 fully saturated rings. The number of carbonyl (C=O) groups is 1. The normalized spacial score (nSPS) is 24.6. The van der Waals surface area contributed by atoms with Gasteiger partial charge in [0.1, 0.15) is 5.60 Å². The van der Waals surface area contributed by atoms with Crippen LogP contribution in [0, 0.1) is 11.8 Å². The van der Waals surface area contributed by atoms with Crippen molar-refractivity contribution >= 4 is 23.2 Å². The van der Waals surface area contributed by atoms with E-state index in [4.69, 9.17) is 22.7 Å². The number of thiocarbonyl (C=S) groups is 1. The van der Waals surface area contributed by atoms with E-state index in [0.29, 0.717) is 23.2 Å². The molecular formula is C14H25NO2S. The lowest BCUT2D eigenvalue weighted by atomic mass is 9.80. The molecule has 1 aliphatic carbocycles. The predicted octanol–water partition coefficient (Wildman–Crippen LogP) is 3.20. The topological polar surface area (TPSA) is 52.3 Å². The lowest BCUT2D eigenvalue weighted by Crippen LogP contribution is -2.27. The fourth-order valence-electron chi connectivity index (χ4n) is 2.45. The van der Waals surface area contributed by atoms with Gasteiger partial charge in [-0.15, -0.1) is 0 Å². The molecule has 1 saturated carbocycles. The van der Waals surface area contributed by atoms with E-state index in [9.17, 15) is 4.79 Å². The third kappa shape index (κ3) is 5.80. The maximum atomic E-state index is 11.6. The predicted molar refractivity (Wildman–Crippen MR) is 77.3 cm³/mol. The molecule has 2 N–H and O–H groups in total. The van der Waals surface area contributed by atoms with E-state index < -0.39 is 0 Å². The van der Waals surface area contributed by atoms with Crippen LogP contribution in [-0.2, 0) is 9.53 Å². The summed E-state index contributed by atoms with van der Waals surface area (Å²) in [7, 11) is 0. The first-order valence-corrected chi connectivity index (χ1v) is 7.20. The highest BCUT2D eigenvalue weighted by atomic mass is 32.1. The maximum absolute atomic E-state index is 11.6. The van der Waals surface area contributed by atoms with Crippen LogP contribution in [0.25, 0.3) is 0 Å². The average Bonchev–Trinajstić information content (AvgIpc) is 2.24. The third-order valence-electron chi connectivity index (χ3n) is 3.43. The van der Waals surface area contributed by atoms with Gasteiger partial charge in [-0.2, -0.15) is 0 Å². The second-order valence-corrected chi connectivity index (χ2v) is 6.72. The Morgan fingerprint density at radius 1 is 1.28 bits per heavy atom. The molecule has 0 heterocycles. The first kappa shape index (κ1) is 15.4. The van der Waals surface area contributed by atoms with Crippen molar-refractivity contribution in [3.05, 3.63) is 0 Å². The second kappa shape index (κ2) is 6.50. The summed E-state index contributed by atoms with van der Waals surface area (Å²) in [5.41, 5.74) is 5.29. The van der Waals surface area contributed by atoms with Crippen LogP contribution >= 0.6 is 12.2 Å². The molecule has 0 aromatic heterocycles. The zero-order chi connectivity index (χ0) is 13.8. The van der Waals surface area contributed by atoms with Crippen molar-refractivity contribution in [3.8, 4) is 0 Å². The van der Waals surface area contributed by atoms with Crippen molar-refractivity contribution in [3.63, 3.8) is 0 Å². The fraction of sp³-hybridized carbons (Fsp3) is 0.857. The summed E-state index contributed by atoms with van der Waals surface area (Å²) in [6.45, 7) is 5.70. The first-order chi connectivity index (χ1) is 8.28. The van der Waals surface area contributed by atoms with Gasteiger partial charge >= 0.3 is 5.97 Å². The van der Waals surface area contributed by atoms with Crippen LogP contribution in [0.5, 0.6) is 0 Å². The lowest BCUT2D eigenvalue weighted by Gasteiger charge is -2.28. The number of ether oxygens (including phenoxy) is 1. The SMILES string of the molecule is CC(C)(C)OC(=O)CCC1CCC(C(N)=S)CC1. The molecule has 0 unspecified atom stereocenters. The summed E-state index contributed by atoms with van der Waals surface area (Å²) in [4.78, 5) is 12.3. The average molecular weight is 271 g/mol. The Hall–Kier alpha value is -0.640. The number of hydrogen-bond acceptors (Lipinski definition) is 3. The van der Waals surface area contributed by atoms with Gasteiger partial charge in [-0.25, -0.2) is 0 Å². The van der Waals surface area contributed by atoms with Gasteiger partial charge in [0.05, 0.1) is 4.99 Å². The van der Waals surface area contributed by atoms with Gasteiger partial charge in [-0.1, -0.05) is 12.2 Å². The molecule has 0 aliphatic heterocycles. The van der Waals surface area contributed by atoms with Crippen molar-refractivity contribution in [2.75, 3.05) is 0 Å². The lowest BCUT2D eigenvalue weighted by molar-refractivity contribution is -0.155. The van der Waals surface area contributed by atoms with Gasteiger partial charge in [-0.3, -0.25) is 4.79 Å². The van der Waals surface area contributed by atoms with E-state index in [-0.39, 0.29) is 11.6 Å². The molecular weight excluding hydrogens is 246 g/mol. The van der Waals surface area contributed by atoms with E-state index in [1.807, 2.05) is 20.8 Å². The van der Waals surface area contributed by atoms with Crippen LogP contribution in [0.4, 0.5) is 0 Å². The highest BCUT2D eigenvalue weighted by Crippen LogP contribution is 2.31. The van der Waals surface area contributed by atoms with Crippen LogP contribution in [-0.4, -0.2) is 16.6 Å². The van der Waals surface area contributed by atoms with E-state index in [2.05, 4.69) is 0 Å². The molecule has 0 saturated heterocycles. The minimum atomic E-state index is -0.375. The number of rotatable bonds is 4. The number of nitrogens with two attached hydrogens (primary N) is 1. The number of esters is 1. The summed E-state index contributed by atoms with van der Waals surface area (Å²) in [6.07, 6.45) is 5.87. The Kier molecular flexibility index (Phi) is 5.57. The van der Waals surface area contributed by atoms with E-state index in [1.165, 1.54) is 0 Å². The number of carbonyl (C=O) groups excluding carboxylic acids is 1. The van der Waals surface area contributed by atoms with E-state index in [1.54, 1.807) is 0 Å². The van der Waals surface area contributed by atoms with Crippen molar-refractivity contribution in [2.24, 2.45) is 17.6 Å². The quantitative estimate of drug-likeness (QED) is 0.630. The van der Waals surface area contributed by atoms with Gasteiger partial charge in [0, 0.05) is 12.3 Å². The molecule has 0 bridgehead atoms. The van der Waals surface area contributed by atoms with Gasteiger partial charge in [0.2, 0.25) is 0 Å². The standard InChI is InChI=1S/C14H25NO2S/c1-14(2,3)17-12(16)9-6-10-4-7-11(8-5-10)13(15)18/h10-11H,4-9H2,1-3H3,(H2,15,18). The van der Waals surface area contributed by atoms with Crippen molar-refractivity contribution in [1.82, 2.24) is 0 Å². The smallest absolute Gasteiger partial charge is 0.306 e. The Morgan fingerprint density at radius 2 is 1.83 bits per heavy atom. The first-order valence-electron chi connectivity index (χ1n) is 6.79. The van der Waals surface area contributed by atoms with Gasteiger partial charge in [0.25, 0.3) is 0 Å². The van der Waals surface area contributed by atoms with E-state index >= 15 is 0 Å². The van der Waals surface area contributed by atoms with Gasteiger partial charge in [0.15, 0.2) is 0 Å². The molecule has 0 aromatic rings. The summed E-state index contributed by atoms with van der Waals surface area (Å²) in [5.74, 6) is 0.958. The Balaban J connectivity index is 2.22. The Labute approximate surface area is 115 Å².